The van der Waals surface area contributed by atoms with Gasteiger partial charge in [0.05, 0.1) is 37.9 Å². The molecule has 0 amide bonds. The van der Waals surface area contributed by atoms with E-state index in [1.165, 1.54) is 6.92 Å². The summed E-state index contributed by atoms with van der Waals surface area (Å²) in [5.41, 5.74) is -6.27. The zero-order chi connectivity index (χ0) is 119. The third kappa shape index (κ3) is 76.6. The van der Waals surface area contributed by atoms with E-state index in [1.807, 2.05) is 55.4 Å². The summed E-state index contributed by atoms with van der Waals surface area (Å²) in [5, 5.41) is 0. The van der Waals surface area contributed by atoms with Gasteiger partial charge in [0.1, 0.15) is 67.9 Å². The van der Waals surface area contributed by atoms with Gasteiger partial charge in [0.2, 0.25) is 0 Å². The topological polar surface area (TPSA) is 184 Å². The summed E-state index contributed by atoms with van der Waals surface area (Å²) in [6.45, 7) is 55.9. The first kappa shape index (κ1) is 155. The van der Waals surface area contributed by atoms with Gasteiger partial charge in [-0.15, -0.1) is 0 Å². The minimum Gasteiger partial charge on any atom is -0.462 e. The van der Waals surface area contributed by atoms with Crippen molar-refractivity contribution in [2.24, 2.45) is 55.7 Å². The van der Waals surface area contributed by atoms with Crippen molar-refractivity contribution in [3.8, 4) is 0 Å². The molecule has 8 atom stereocenters. The Bertz CT molecular complexity index is 3650. The highest BCUT2D eigenvalue weighted by molar-refractivity contribution is 5.79. The second kappa shape index (κ2) is 66.5. The quantitative estimate of drug-likeness (QED) is 0.0318. The molecule has 0 rings (SSSR count). The van der Waals surface area contributed by atoms with Gasteiger partial charge in [-0.25, -0.2) is 35.1 Å². The van der Waals surface area contributed by atoms with E-state index < -0.39 is 272 Å². The van der Waals surface area contributed by atoms with Crippen molar-refractivity contribution < 1.29 is 203 Å². The molecule has 0 aromatic heterocycles. The number of ether oxygens (including phenoxy) is 7. The van der Waals surface area contributed by atoms with Gasteiger partial charge in [-0.1, -0.05) is 143 Å². The Hall–Kier alpha value is -5.88. The molecule has 8 unspecified atom stereocenters. The van der Waals surface area contributed by atoms with Gasteiger partial charge in [0.25, 0.3) is 23.7 Å². The lowest BCUT2D eigenvalue weighted by Gasteiger charge is -2.35. The van der Waals surface area contributed by atoms with Crippen LogP contribution in [0.5, 0.6) is 0 Å². The lowest BCUT2D eigenvalue weighted by Crippen LogP contribution is -2.40. The van der Waals surface area contributed by atoms with Gasteiger partial charge in [-0.2, -0.15) is 101 Å². The molecular weight excluding hydrogens is 2050 g/mol. The van der Waals surface area contributed by atoms with Gasteiger partial charge in [0.15, 0.2) is 0 Å². The van der Waals surface area contributed by atoms with Crippen LogP contribution >= 0.6 is 0 Å². The van der Waals surface area contributed by atoms with Crippen molar-refractivity contribution in [3.05, 3.63) is 0 Å². The van der Waals surface area contributed by atoms with Gasteiger partial charge in [-0.05, 0) is 250 Å². The molecule has 0 fully saturated rings. The van der Waals surface area contributed by atoms with Crippen molar-refractivity contribution in [1.82, 2.24) is 0 Å². The summed E-state index contributed by atoms with van der Waals surface area (Å²) >= 11 is 0. The summed E-state index contributed by atoms with van der Waals surface area (Å²) in [7, 11) is 0. The second-order valence-electron chi connectivity index (χ2n) is 43.7. The summed E-state index contributed by atoms with van der Waals surface area (Å²) in [4.78, 5) is 83.7. The Labute approximate surface area is 858 Å². The van der Waals surface area contributed by atoms with Crippen molar-refractivity contribution in [1.29, 1.82) is 0 Å². The van der Waals surface area contributed by atoms with Crippen LogP contribution in [0.15, 0.2) is 0 Å². The molecule has 0 aliphatic carbocycles. The first-order valence-corrected chi connectivity index (χ1v) is 50.7. The maximum absolute atomic E-state index is 13.6. The minimum atomic E-state index is -5.57. The summed E-state index contributed by atoms with van der Waals surface area (Å²) in [5.74, 6) is -23.7. The molecule has 148 heavy (non-hydrogen) atoms. The van der Waals surface area contributed by atoms with Gasteiger partial charge >= 0.3 is 90.9 Å². The third-order valence-corrected chi connectivity index (χ3v) is 25.2. The van der Waals surface area contributed by atoms with Crippen LogP contribution in [0, 0.1) is 55.7 Å². The molecule has 0 N–H and O–H groups in total. The van der Waals surface area contributed by atoms with Crippen LogP contribution in [0.1, 0.15) is 446 Å². The third-order valence-electron chi connectivity index (χ3n) is 25.2. The number of carbonyl (C=O) groups is 7. The first-order chi connectivity index (χ1) is 65.9. The summed E-state index contributed by atoms with van der Waals surface area (Å²) in [6.07, 6.45) is -47.5. The molecular formula is C103H175F31O14. The molecule has 0 saturated carbocycles. The molecule has 14 nitrogen and oxygen atoms in total. The van der Waals surface area contributed by atoms with E-state index in [9.17, 15) is 170 Å². The highest BCUT2D eigenvalue weighted by Crippen LogP contribution is 2.46. The van der Waals surface area contributed by atoms with E-state index in [1.54, 1.807) is 159 Å². The maximum Gasteiger partial charge on any atom is 0.453 e. The zero-order valence-corrected chi connectivity index (χ0v) is 92.9. The lowest BCUT2D eigenvalue weighted by atomic mass is 9.86. The molecule has 0 spiro atoms. The number of halogens is 31. The normalized spacial score (nSPS) is 15.2. The Kier molecular flexibility index (Phi) is 69.7. The molecule has 0 aromatic carbocycles. The highest BCUT2D eigenvalue weighted by atomic mass is 19.4. The van der Waals surface area contributed by atoms with Crippen LogP contribution < -0.4 is 0 Å². The van der Waals surface area contributed by atoms with E-state index in [2.05, 4.69) is 0 Å². The molecule has 0 radical (unpaired) electrons. The van der Waals surface area contributed by atoms with Crippen molar-refractivity contribution in [2.75, 3.05) is 0 Å². The molecule has 888 valence electrons. The molecule has 0 heterocycles. The Morgan fingerprint density at radius 2 is 0.459 bits per heavy atom. The number of rotatable bonds is 57. The molecule has 0 bridgehead atoms. The Morgan fingerprint density at radius 1 is 0.230 bits per heavy atom. The monoisotopic (exact) mass is 2230 g/mol. The van der Waals surface area contributed by atoms with Gasteiger partial charge in [0, 0.05) is 44.9 Å². The predicted molar refractivity (Wildman–Crippen MR) is 506 cm³/mol. The molecule has 45 heteroatoms. The molecule has 0 aliphatic heterocycles. The maximum atomic E-state index is 13.6. The first-order valence-electron chi connectivity index (χ1n) is 50.7. The average Bonchev–Trinajstić information content (AvgIpc) is 0.817. The average molecular weight is 2230 g/mol. The van der Waals surface area contributed by atoms with E-state index in [0.29, 0.717) is 103 Å². The number of esters is 7. The smallest absolute Gasteiger partial charge is 0.453 e. The van der Waals surface area contributed by atoms with E-state index in [-0.39, 0.29) is 62.7 Å². The highest BCUT2D eigenvalue weighted by Gasteiger charge is 2.58. The number of hydrogen-bond acceptors (Lipinski definition) is 14. The summed E-state index contributed by atoms with van der Waals surface area (Å²) in [6, 6.07) is 0. The standard InChI is InChI=1S/C17H29F5O2.2C16H27F5O2.C15H25F5O2.C14H23F5O2.C13H23F3O2.C12H21F3O2/c1-7-14(4,5)13(23)24-15(6,10-12(2)3)8-9-16(18,19)11-17(20,21)22;1-6-14(4,5)13(22)23-12(9-11(2)3)7-8-15(17,18)10-16(19,20)21;1-6-11(3)12(23-13(22)14(4,5)7-2)8-9-15(17,18)10-16(19,20)21;1-5-7-11(22-12(21)13(3,4)6-2)8-9-14(16,17)10-15(18,19)20;1-5-7-10(21-11(20)12(3,4)6-2)8-9-13(15,16)14(17,18)19;1-5-7-10(8-9-13(14,15)16)18-11(17)12(3,4)6-2;1-5-9(7-8-12(13,14)15)17-10(16)11(3,4)6-2/h12H,7-11H2,1-6H3;2*11-12H,6-10H2,1-5H3;11H,5-10H2,1-4H3;10H,5-9H2,1-4H3;10H,5-9H2,1-4H3;9H,5-8H2,1-4H3. The Morgan fingerprint density at radius 3 is 0.696 bits per heavy atom. The summed E-state index contributed by atoms with van der Waals surface area (Å²) < 4.78 is 425. The second-order valence-corrected chi connectivity index (χ2v) is 43.7. The van der Waals surface area contributed by atoms with Crippen LogP contribution in [-0.4, -0.2) is 157 Å². The Balaban J connectivity index is -0.000000314. The minimum absolute atomic E-state index is 0.0452. The molecule has 0 aromatic rings. The van der Waals surface area contributed by atoms with Crippen LogP contribution in [0.4, 0.5) is 136 Å². The molecule has 0 aliphatic rings. The predicted octanol–water partition coefficient (Wildman–Crippen LogP) is 36.8. The van der Waals surface area contributed by atoms with Crippen LogP contribution in [-0.2, 0) is 66.7 Å². The fourth-order valence-electron chi connectivity index (χ4n) is 12.1. The largest absolute Gasteiger partial charge is 0.462 e. The van der Waals surface area contributed by atoms with Crippen molar-refractivity contribution in [3.63, 3.8) is 0 Å². The van der Waals surface area contributed by atoms with E-state index in [4.69, 9.17) is 33.2 Å². The fraction of sp³-hybridized carbons (Fsp3) is 0.932. The van der Waals surface area contributed by atoms with E-state index in [0.717, 1.165) is 0 Å². The number of alkyl halides is 31. The van der Waals surface area contributed by atoms with Crippen molar-refractivity contribution in [2.45, 2.75) is 561 Å². The SMILES string of the molecule is CCC(C)(C)C(=O)OC(C)(CCC(F)(F)CC(F)(F)F)CC(C)C.CCC(C)(C)C(=O)OC(CCC(F)(F)CC(F)(F)F)CC(C)C.CCC(C)C(CCC(F)(F)CC(F)(F)F)OC(=O)C(C)(C)CC.CCC(CCC(F)(F)F)OC(=O)C(C)(C)CC.CCCC(CCC(F)(F)C(F)(F)F)OC(=O)C(C)(C)CC.CCCC(CCC(F)(F)CC(F)(F)F)OC(=O)C(C)(C)CC.CCCC(CCC(F)(F)F)OC(=O)C(C)(C)CC. The van der Waals surface area contributed by atoms with E-state index >= 15 is 0 Å². The van der Waals surface area contributed by atoms with Crippen LogP contribution in [0.3, 0.4) is 0 Å². The van der Waals surface area contributed by atoms with Crippen LogP contribution in [0.25, 0.3) is 0 Å². The number of carbonyl (C=O) groups excluding carboxylic acids is 7. The zero-order valence-electron chi connectivity index (χ0n) is 92.9. The number of hydrogen-bond donors (Lipinski definition) is 0. The fourth-order valence-corrected chi connectivity index (χ4v) is 12.1. The van der Waals surface area contributed by atoms with Crippen molar-refractivity contribution >= 4 is 41.8 Å². The molecule has 0 saturated heterocycles. The lowest BCUT2D eigenvalue weighted by molar-refractivity contribution is -0.285. The van der Waals surface area contributed by atoms with Crippen LogP contribution in [0.2, 0.25) is 0 Å². The van der Waals surface area contributed by atoms with Gasteiger partial charge < -0.3 is 33.2 Å². The van der Waals surface area contributed by atoms with Gasteiger partial charge in [-0.3, -0.25) is 33.6 Å².